The smallest absolute Gasteiger partial charge is 0.239 e. The van der Waals surface area contributed by atoms with Gasteiger partial charge in [-0.1, -0.05) is 6.42 Å². The van der Waals surface area contributed by atoms with E-state index in [1.165, 1.54) is 19.3 Å². The molecule has 1 aromatic heterocycles. The molecule has 1 heterocycles. The minimum absolute atomic E-state index is 0.323. The van der Waals surface area contributed by atoms with Gasteiger partial charge in [-0.05, 0) is 18.8 Å². The first-order valence-corrected chi connectivity index (χ1v) is 5.07. The molecule has 5 heteroatoms. The van der Waals surface area contributed by atoms with E-state index in [0.717, 1.165) is 19.1 Å². The second-order valence-electron chi connectivity index (χ2n) is 3.74. The summed E-state index contributed by atoms with van der Waals surface area (Å²) in [5.41, 5.74) is 5.38. The molecule has 1 aromatic rings. The third-order valence-electron chi connectivity index (χ3n) is 2.60. The first-order valence-electron chi connectivity index (χ1n) is 5.07. The standard InChI is InChI=1S/C9H16N4O/c10-9-11-7-13(12-9)4-5-14-6-8-2-1-3-8/h7-8H,1-6H2,(H2,10,12). The summed E-state index contributed by atoms with van der Waals surface area (Å²) in [6.07, 6.45) is 5.65. The molecule has 1 aliphatic carbocycles. The Morgan fingerprint density at radius 1 is 1.57 bits per heavy atom. The number of nitrogen functional groups attached to an aromatic ring is 1. The molecule has 0 saturated heterocycles. The lowest BCUT2D eigenvalue weighted by atomic mass is 9.86. The highest BCUT2D eigenvalue weighted by molar-refractivity contribution is 5.08. The van der Waals surface area contributed by atoms with Crippen molar-refractivity contribution in [2.75, 3.05) is 18.9 Å². The lowest BCUT2D eigenvalue weighted by Gasteiger charge is -2.24. The van der Waals surface area contributed by atoms with Crippen molar-refractivity contribution < 1.29 is 4.74 Å². The number of hydrogen-bond acceptors (Lipinski definition) is 4. The molecule has 14 heavy (non-hydrogen) atoms. The van der Waals surface area contributed by atoms with E-state index in [1.54, 1.807) is 11.0 Å². The highest BCUT2D eigenvalue weighted by atomic mass is 16.5. The molecule has 0 amide bonds. The van der Waals surface area contributed by atoms with Crippen LogP contribution in [0.3, 0.4) is 0 Å². The maximum Gasteiger partial charge on any atom is 0.239 e. The Morgan fingerprint density at radius 3 is 3.00 bits per heavy atom. The van der Waals surface area contributed by atoms with Gasteiger partial charge in [0.2, 0.25) is 5.95 Å². The predicted molar refractivity (Wildman–Crippen MR) is 52.6 cm³/mol. The summed E-state index contributed by atoms with van der Waals surface area (Å²) in [5, 5.41) is 3.96. The Morgan fingerprint density at radius 2 is 2.43 bits per heavy atom. The van der Waals surface area contributed by atoms with Crippen LogP contribution >= 0.6 is 0 Å². The van der Waals surface area contributed by atoms with Crippen LogP contribution in [0.2, 0.25) is 0 Å². The number of nitrogens with two attached hydrogens (primary N) is 1. The Balaban J connectivity index is 1.58. The summed E-state index contributed by atoms with van der Waals surface area (Å²) in [6, 6.07) is 0. The quantitative estimate of drug-likeness (QED) is 0.703. The van der Waals surface area contributed by atoms with Crippen LogP contribution in [-0.4, -0.2) is 28.0 Å². The van der Waals surface area contributed by atoms with Crippen LogP contribution in [0.1, 0.15) is 19.3 Å². The van der Waals surface area contributed by atoms with Gasteiger partial charge in [-0.25, -0.2) is 9.67 Å². The number of hydrogen-bond donors (Lipinski definition) is 1. The van der Waals surface area contributed by atoms with Crippen LogP contribution in [0.4, 0.5) is 5.95 Å². The van der Waals surface area contributed by atoms with Gasteiger partial charge in [-0.15, -0.1) is 5.10 Å². The number of nitrogens with zero attached hydrogens (tertiary/aromatic N) is 3. The fourth-order valence-corrected chi connectivity index (χ4v) is 1.48. The summed E-state index contributed by atoms with van der Waals surface area (Å²) < 4.78 is 7.23. The second kappa shape index (κ2) is 4.41. The maximum absolute atomic E-state index is 5.52. The van der Waals surface area contributed by atoms with Crippen LogP contribution in [-0.2, 0) is 11.3 Å². The van der Waals surface area contributed by atoms with E-state index in [2.05, 4.69) is 10.1 Å². The van der Waals surface area contributed by atoms with Gasteiger partial charge in [-0.3, -0.25) is 0 Å². The normalized spacial score (nSPS) is 16.9. The maximum atomic E-state index is 5.52. The molecule has 5 nitrogen and oxygen atoms in total. The topological polar surface area (TPSA) is 66.0 Å². The van der Waals surface area contributed by atoms with Gasteiger partial charge < -0.3 is 10.5 Å². The Bertz CT molecular complexity index is 282. The molecule has 0 aliphatic heterocycles. The Hall–Kier alpha value is -1.10. The largest absolute Gasteiger partial charge is 0.379 e. The van der Waals surface area contributed by atoms with Gasteiger partial charge in [0.25, 0.3) is 0 Å². The summed E-state index contributed by atoms with van der Waals surface area (Å²) in [7, 11) is 0. The molecule has 0 aromatic carbocycles. The molecule has 1 fully saturated rings. The third kappa shape index (κ3) is 2.45. The van der Waals surface area contributed by atoms with Crippen molar-refractivity contribution in [3.8, 4) is 0 Å². The van der Waals surface area contributed by atoms with Crippen LogP contribution in [0.5, 0.6) is 0 Å². The van der Waals surface area contributed by atoms with Crippen molar-refractivity contribution in [2.45, 2.75) is 25.8 Å². The SMILES string of the molecule is Nc1ncn(CCOCC2CCC2)n1. The summed E-state index contributed by atoms with van der Waals surface area (Å²) in [5.74, 6) is 1.12. The molecule has 1 aliphatic rings. The average molecular weight is 196 g/mol. The van der Waals surface area contributed by atoms with Crippen LogP contribution in [0, 0.1) is 5.92 Å². The van der Waals surface area contributed by atoms with Gasteiger partial charge in [-0.2, -0.15) is 0 Å². The van der Waals surface area contributed by atoms with Gasteiger partial charge in [0, 0.05) is 6.61 Å². The van der Waals surface area contributed by atoms with E-state index in [-0.39, 0.29) is 0 Å². The molecule has 2 rings (SSSR count). The number of ether oxygens (including phenoxy) is 1. The Kier molecular flexibility index (Phi) is 2.98. The van der Waals surface area contributed by atoms with Gasteiger partial charge >= 0.3 is 0 Å². The predicted octanol–water partition coefficient (Wildman–Crippen LogP) is 0.677. The highest BCUT2D eigenvalue weighted by Crippen LogP contribution is 2.26. The molecule has 0 radical (unpaired) electrons. The number of aromatic nitrogens is 3. The van der Waals surface area contributed by atoms with Crippen molar-refractivity contribution >= 4 is 5.95 Å². The molecule has 1 saturated carbocycles. The fraction of sp³-hybridized carbons (Fsp3) is 0.778. The average Bonchev–Trinajstić information content (AvgIpc) is 2.48. The third-order valence-corrected chi connectivity index (χ3v) is 2.60. The zero-order valence-corrected chi connectivity index (χ0v) is 8.22. The number of rotatable bonds is 5. The van der Waals surface area contributed by atoms with Crippen molar-refractivity contribution in [2.24, 2.45) is 5.92 Å². The molecule has 0 spiro atoms. The molecule has 2 N–H and O–H groups in total. The molecule has 0 bridgehead atoms. The molecule has 0 atom stereocenters. The minimum Gasteiger partial charge on any atom is -0.379 e. The first-order chi connectivity index (χ1) is 6.84. The van der Waals surface area contributed by atoms with Crippen LogP contribution in [0.15, 0.2) is 6.33 Å². The lowest BCUT2D eigenvalue weighted by Crippen LogP contribution is -2.19. The number of anilines is 1. The summed E-state index contributed by atoms with van der Waals surface area (Å²) in [6.45, 7) is 2.32. The van der Waals surface area contributed by atoms with Crippen molar-refractivity contribution in [3.63, 3.8) is 0 Å². The molecule has 0 unspecified atom stereocenters. The molecule has 78 valence electrons. The second-order valence-corrected chi connectivity index (χ2v) is 3.74. The first kappa shape index (κ1) is 9.45. The van der Waals surface area contributed by atoms with Crippen LogP contribution < -0.4 is 5.73 Å². The van der Waals surface area contributed by atoms with Gasteiger partial charge in [0.05, 0.1) is 13.2 Å². The van der Waals surface area contributed by atoms with E-state index in [9.17, 15) is 0 Å². The van der Waals surface area contributed by atoms with Crippen molar-refractivity contribution in [3.05, 3.63) is 6.33 Å². The van der Waals surface area contributed by atoms with Crippen molar-refractivity contribution in [1.82, 2.24) is 14.8 Å². The van der Waals surface area contributed by atoms with Crippen LogP contribution in [0.25, 0.3) is 0 Å². The van der Waals surface area contributed by atoms with E-state index in [0.29, 0.717) is 12.6 Å². The molecular weight excluding hydrogens is 180 g/mol. The van der Waals surface area contributed by atoms with Gasteiger partial charge in [0.1, 0.15) is 6.33 Å². The lowest BCUT2D eigenvalue weighted by molar-refractivity contribution is 0.0641. The van der Waals surface area contributed by atoms with E-state index < -0.39 is 0 Å². The van der Waals surface area contributed by atoms with E-state index in [4.69, 9.17) is 10.5 Å². The summed E-state index contributed by atoms with van der Waals surface area (Å²) >= 11 is 0. The van der Waals surface area contributed by atoms with Crippen molar-refractivity contribution in [1.29, 1.82) is 0 Å². The fourth-order valence-electron chi connectivity index (χ4n) is 1.48. The van der Waals surface area contributed by atoms with E-state index in [1.807, 2.05) is 0 Å². The minimum atomic E-state index is 0.323. The zero-order valence-electron chi connectivity index (χ0n) is 8.22. The Labute approximate surface area is 83.3 Å². The van der Waals surface area contributed by atoms with Gasteiger partial charge in [0.15, 0.2) is 0 Å². The monoisotopic (exact) mass is 196 g/mol. The zero-order chi connectivity index (χ0) is 9.80. The highest BCUT2D eigenvalue weighted by Gasteiger charge is 2.16. The summed E-state index contributed by atoms with van der Waals surface area (Å²) in [4.78, 5) is 3.83. The molecular formula is C9H16N4O. The van der Waals surface area contributed by atoms with E-state index >= 15 is 0 Å².